The minimum absolute atomic E-state index is 0.0185. The smallest absolute Gasteiger partial charge is 0.268 e. The Morgan fingerprint density at radius 3 is 2.75 bits per heavy atom. The van der Waals surface area contributed by atoms with E-state index in [9.17, 15) is 9.59 Å². The minimum atomic E-state index is -0.486. The SMILES string of the molecule is O=C=C1CONC1=O. The van der Waals surface area contributed by atoms with Gasteiger partial charge in [-0.15, -0.1) is 0 Å². The van der Waals surface area contributed by atoms with E-state index in [-0.39, 0.29) is 12.2 Å². The molecule has 1 aliphatic rings. The Balaban J connectivity index is 2.84. The Hall–Kier alpha value is -1.12. The first-order valence-corrected chi connectivity index (χ1v) is 2.00. The fourth-order valence-electron chi connectivity index (χ4n) is 0.377. The highest BCUT2D eigenvalue weighted by Gasteiger charge is 2.17. The molecule has 0 unspecified atom stereocenters. The average molecular weight is 113 g/mol. The van der Waals surface area contributed by atoms with Crippen LogP contribution in [0.2, 0.25) is 0 Å². The standard InChI is InChI=1S/C4H3NO3/c6-1-3-2-8-5-4(3)7/h2H2,(H,5,7). The predicted octanol–water partition coefficient (Wildman–Crippen LogP) is -1.19. The predicted molar refractivity (Wildman–Crippen MR) is 23.3 cm³/mol. The maximum absolute atomic E-state index is 10.3. The summed E-state index contributed by atoms with van der Waals surface area (Å²) >= 11 is 0. The quantitative estimate of drug-likeness (QED) is 0.317. The zero-order chi connectivity index (χ0) is 5.98. The van der Waals surface area contributed by atoms with Gasteiger partial charge >= 0.3 is 0 Å². The van der Waals surface area contributed by atoms with Crippen molar-refractivity contribution in [3.63, 3.8) is 0 Å². The van der Waals surface area contributed by atoms with Crippen LogP contribution in [0.5, 0.6) is 0 Å². The minimum Gasteiger partial charge on any atom is -0.268 e. The van der Waals surface area contributed by atoms with Crippen LogP contribution in [-0.2, 0) is 14.4 Å². The Bertz CT molecular complexity index is 168. The van der Waals surface area contributed by atoms with Crippen molar-refractivity contribution in [2.75, 3.05) is 6.61 Å². The Morgan fingerprint density at radius 2 is 2.50 bits per heavy atom. The van der Waals surface area contributed by atoms with Gasteiger partial charge in [-0.3, -0.25) is 9.63 Å². The normalized spacial score (nSPS) is 18.0. The number of hydroxylamine groups is 1. The van der Waals surface area contributed by atoms with Crippen molar-refractivity contribution in [3.05, 3.63) is 5.57 Å². The van der Waals surface area contributed by atoms with Gasteiger partial charge in [0, 0.05) is 0 Å². The Kier molecular flexibility index (Phi) is 1.12. The van der Waals surface area contributed by atoms with E-state index >= 15 is 0 Å². The molecule has 1 rings (SSSR count). The van der Waals surface area contributed by atoms with Crippen molar-refractivity contribution < 1.29 is 14.4 Å². The molecule has 0 aliphatic carbocycles. The molecule has 0 saturated carbocycles. The lowest BCUT2D eigenvalue weighted by Crippen LogP contribution is -2.12. The molecule has 42 valence electrons. The number of carbonyl (C=O) groups excluding carboxylic acids is 2. The third-order valence-corrected chi connectivity index (χ3v) is 0.779. The summed E-state index contributed by atoms with van der Waals surface area (Å²) in [6, 6.07) is 0. The lowest BCUT2D eigenvalue weighted by Gasteiger charge is -1.80. The highest BCUT2D eigenvalue weighted by Crippen LogP contribution is 1.95. The van der Waals surface area contributed by atoms with Crippen LogP contribution >= 0.6 is 0 Å². The van der Waals surface area contributed by atoms with Gasteiger partial charge in [-0.1, -0.05) is 0 Å². The maximum Gasteiger partial charge on any atom is 0.284 e. The zero-order valence-electron chi connectivity index (χ0n) is 3.93. The Morgan fingerprint density at radius 1 is 1.75 bits per heavy atom. The molecule has 4 nitrogen and oxygen atoms in total. The van der Waals surface area contributed by atoms with Crippen LogP contribution in [0.4, 0.5) is 0 Å². The average Bonchev–Trinajstić information content (AvgIpc) is 2.14. The van der Waals surface area contributed by atoms with Gasteiger partial charge in [0.1, 0.15) is 18.1 Å². The molecule has 8 heavy (non-hydrogen) atoms. The largest absolute Gasteiger partial charge is 0.284 e. The lowest BCUT2D eigenvalue weighted by atomic mass is 10.3. The number of hydrogen-bond donors (Lipinski definition) is 1. The fourth-order valence-corrected chi connectivity index (χ4v) is 0.377. The van der Waals surface area contributed by atoms with E-state index < -0.39 is 5.91 Å². The molecule has 0 spiro atoms. The molecule has 1 saturated heterocycles. The van der Waals surface area contributed by atoms with Crippen molar-refractivity contribution in [2.24, 2.45) is 0 Å². The van der Waals surface area contributed by atoms with Gasteiger partial charge in [-0.05, 0) is 0 Å². The zero-order valence-corrected chi connectivity index (χ0v) is 3.93. The number of amides is 1. The van der Waals surface area contributed by atoms with E-state index in [1.54, 1.807) is 0 Å². The monoisotopic (exact) mass is 113 g/mol. The molecule has 1 heterocycles. The van der Waals surface area contributed by atoms with Gasteiger partial charge in [-0.25, -0.2) is 10.3 Å². The third-order valence-electron chi connectivity index (χ3n) is 0.779. The molecular formula is C4H3NO3. The molecule has 4 heteroatoms. The highest BCUT2D eigenvalue weighted by atomic mass is 16.7. The second kappa shape index (κ2) is 1.78. The van der Waals surface area contributed by atoms with E-state index in [1.807, 2.05) is 5.48 Å². The van der Waals surface area contributed by atoms with E-state index in [0.717, 1.165) is 0 Å². The van der Waals surface area contributed by atoms with E-state index in [2.05, 4.69) is 4.84 Å². The van der Waals surface area contributed by atoms with Crippen molar-refractivity contribution in [1.82, 2.24) is 5.48 Å². The topological polar surface area (TPSA) is 55.4 Å². The van der Waals surface area contributed by atoms with Gasteiger partial charge in [0.05, 0.1) is 0 Å². The maximum atomic E-state index is 10.3. The fraction of sp³-hybridized carbons (Fsp3) is 0.250. The van der Waals surface area contributed by atoms with Gasteiger partial charge in [0.2, 0.25) is 0 Å². The molecular weight excluding hydrogens is 110 g/mol. The summed E-state index contributed by atoms with van der Waals surface area (Å²) in [6.07, 6.45) is 0. The Labute approximate surface area is 45.1 Å². The summed E-state index contributed by atoms with van der Waals surface area (Å²) in [4.78, 5) is 24.3. The number of hydrogen-bond acceptors (Lipinski definition) is 3. The first kappa shape index (κ1) is 5.03. The van der Waals surface area contributed by atoms with E-state index in [0.29, 0.717) is 0 Å². The van der Waals surface area contributed by atoms with Crippen molar-refractivity contribution in [2.45, 2.75) is 0 Å². The van der Waals surface area contributed by atoms with Crippen LogP contribution in [0.25, 0.3) is 0 Å². The van der Waals surface area contributed by atoms with Gasteiger partial charge < -0.3 is 0 Å². The van der Waals surface area contributed by atoms with Gasteiger partial charge in [0.25, 0.3) is 5.91 Å². The summed E-state index contributed by atoms with van der Waals surface area (Å²) in [7, 11) is 0. The lowest BCUT2D eigenvalue weighted by molar-refractivity contribution is -0.122. The molecule has 1 aliphatic heterocycles. The first-order chi connectivity index (χ1) is 3.84. The summed E-state index contributed by atoms with van der Waals surface area (Å²) in [5.41, 5.74) is 2.00. The van der Waals surface area contributed by atoms with Crippen molar-refractivity contribution in [3.8, 4) is 0 Å². The summed E-state index contributed by atoms with van der Waals surface area (Å²) in [5, 5.41) is 0. The van der Waals surface area contributed by atoms with Crippen LogP contribution in [-0.4, -0.2) is 18.5 Å². The molecule has 0 aromatic rings. The second-order valence-corrected chi connectivity index (χ2v) is 1.30. The molecule has 1 N–H and O–H groups in total. The van der Waals surface area contributed by atoms with Crippen molar-refractivity contribution >= 4 is 11.8 Å². The number of nitrogens with one attached hydrogen (secondary N) is 1. The van der Waals surface area contributed by atoms with Gasteiger partial charge in [-0.2, -0.15) is 0 Å². The number of rotatable bonds is 0. The first-order valence-electron chi connectivity index (χ1n) is 2.00. The summed E-state index contributed by atoms with van der Waals surface area (Å²) in [5.74, 6) is 0.957. The van der Waals surface area contributed by atoms with E-state index in [1.165, 1.54) is 5.94 Å². The molecule has 0 aromatic heterocycles. The third kappa shape index (κ3) is 0.621. The van der Waals surface area contributed by atoms with Gasteiger partial charge in [0.15, 0.2) is 0 Å². The van der Waals surface area contributed by atoms with Crippen LogP contribution in [0.3, 0.4) is 0 Å². The molecule has 0 bridgehead atoms. The second-order valence-electron chi connectivity index (χ2n) is 1.30. The van der Waals surface area contributed by atoms with Crippen molar-refractivity contribution in [1.29, 1.82) is 0 Å². The molecule has 0 atom stereocenters. The highest BCUT2D eigenvalue weighted by molar-refractivity contribution is 6.01. The van der Waals surface area contributed by atoms with Crippen LogP contribution < -0.4 is 5.48 Å². The molecule has 0 aromatic carbocycles. The molecule has 0 radical (unpaired) electrons. The molecule has 1 amide bonds. The van der Waals surface area contributed by atoms with Crippen LogP contribution in [0, 0.1) is 0 Å². The van der Waals surface area contributed by atoms with Crippen LogP contribution in [0.1, 0.15) is 0 Å². The number of carbonyl (C=O) groups is 1. The summed E-state index contributed by atoms with van der Waals surface area (Å²) < 4.78 is 0. The molecule has 1 fully saturated rings. The van der Waals surface area contributed by atoms with Crippen LogP contribution in [0.15, 0.2) is 5.57 Å². The summed E-state index contributed by atoms with van der Waals surface area (Å²) in [6.45, 7) is 0.0301. The van der Waals surface area contributed by atoms with E-state index in [4.69, 9.17) is 0 Å².